The van der Waals surface area contributed by atoms with Crippen molar-refractivity contribution in [3.05, 3.63) is 66.4 Å². The lowest BCUT2D eigenvalue weighted by atomic mass is 10.0. The van der Waals surface area contributed by atoms with Gasteiger partial charge in [-0.25, -0.2) is 0 Å². The Kier molecular flexibility index (Phi) is 5.52. The van der Waals surface area contributed by atoms with Crippen LogP contribution in [0.15, 0.2) is 60.8 Å². The molecule has 1 aliphatic rings. The average Bonchev–Trinajstić information content (AvgIpc) is 3.30. The Bertz CT molecular complexity index is 1080. The van der Waals surface area contributed by atoms with E-state index in [1.54, 1.807) is 25.3 Å². The van der Waals surface area contributed by atoms with E-state index < -0.39 is 17.9 Å². The molecular weight excluding hydrogens is 382 g/mol. The molecular formula is C23H23N3O4. The van der Waals surface area contributed by atoms with E-state index in [2.05, 4.69) is 10.3 Å². The van der Waals surface area contributed by atoms with Crippen molar-refractivity contribution in [2.75, 3.05) is 18.1 Å². The Hall–Kier alpha value is -3.61. The second-order valence-corrected chi connectivity index (χ2v) is 7.22. The van der Waals surface area contributed by atoms with Gasteiger partial charge in [-0.2, -0.15) is 0 Å². The second-order valence-electron chi connectivity index (χ2n) is 7.22. The number of carbonyl (C=O) groups is 3. The summed E-state index contributed by atoms with van der Waals surface area (Å²) in [5, 5.41) is 3.73. The molecule has 1 aliphatic heterocycles. The summed E-state index contributed by atoms with van der Waals surface area (Å²) in [5.41, 5.74) is 2.46. The molecule has 0 spiro atoms. The van der Waals surface area contributed by atoms with Crippen LogP contribution < -0.4 is 10.2 Å². The van der Waals surface area contributed by atoms with Gasteiger partial charge in [-0.15, -0.1) is 0 Å². The van der Waals surface area contributed by atoms with E-state index in [4.69, 9.17) is 4.74 Å². The largest absolute Gasteiger partial charge is 0.466 e. The summed E-state index contributed by atoms with van der Waals surface area (Å²) in [6.45, 7) is 2.10. The number of amides is 2. The van der Waals surface area contributed by atoms with Crippen molar-refractivity contribution in [2.24, 2.45) is 5.92 Å². The van der Waals surface area contributed by atoms with Crippen molar-refractivity contribution in [1.82, 2.24) is 10.3 Å². The lowest BCUT2D eigenvalue weighted by Crippen LogP contribution is -2.46. The standard InChI is InChI=1S/C23H23N3O4/c1-2-30-23(29)18-14-26(16-8-4-3-5-9-16)22(28)21(18)25-20(27)12-15-13-24-19-11-7-6-10-17(15)19/h3-11,13,18,21,24H,2,12,14H2,1H3,(H,25,27)/t18-,21-/m1/s1. The number of carbonyl (C=O) groups excluding carboxylic acids is 3. The monoisotopic (exact) mass is 405 g/mol. The van der Waals surface area contributed by atoms with E-state index in [9.17, 15) is 14.4 Å². The van der Waals surface area contributed by atoms with Crippen molar-refractivity contribution in [3.63, 3.8) is 0 Å². The number of hydrogen-bond donors (Lipinski definition) is 2. The quantitative estimate of drug-likeness (QED) is 0.616. The first-order valence-corrected chi connectivity index (χ1v) is 9.96. The maximum absolute atomic E-state index is 13.1. The minimum absolute atomic E-state index is 0.106. The van der Waals surface area contributed by atoms with Crippen LogP contribution >= 0.6 is 0 Å². The predicted octanol–water partition coefficient (Wildman–Crippen LogP) is 2.42. The Balaban J connectivity index is 1.54. The van der Waals surface area contributed by atoms with Gasteiger partial charge in [-0.1, -0.05) is 36.4 Å². The van der Waals surface area contributed by atoms with Crippen LogP contribution in [-0.2, 0) is 25.5 Å². The van der Waals surface area contributed by atoms with E-state index in [-0.39, 0.29) is 31.4 Å². The number of nitrogens with one attached hydrogen (secondary N) is 2. The Morgan fingerprint density at radius 2 is 1.87 bits per heavy atom. The first-order chi connectivity index (χ1) is 14.6. The fourth-order valence-electron chi connectivity index (χ4n) is 3.87. The van der Waals surface area contributed by atoms with Crippen molar-refractivity contribution >= 4 is 34.4 Å². The fourth-order valence-corrected chi connectivity index (χ4v) is 3.87. The molecule has 0 radical (unpaired) electrons. The number of fused-ring (bicyclic) bond motifs is 1. The predicted molar refractivity (Wildman–Crippen MR) is 113 cm³/mol. The van der Waals surface area contributed by atoms with E-state index in [1.807, 2.05) is 42.5 Å². The molecule has 2 N–H and O–H groups in total. The first-order valence-electron chi connectivity index (χ1n) is 9.96. The molecule has 2 amide bonds. The third-order valence-electron chi connectivity index (χ3n) is 5.31. The number of H-pyrrole nitrogens is 1. The number of benzene rings is 2. The molecule has 7 heteroatoms. The van der Waals surface area contributed by atoms with Gasteiger partial charge >= 0.3 is 5.97 Å². The summed E-state index contributed by atoms with van der Waals surface area (Å²) in [6.07, 6.45) is 1.90. The van der Waals surface area contributed by atoms with Crippen molar-refractivity contribution in [2.45, 2.75) is 19.4 Å². The molecule has 2 heterocycles. The van der Waals surface area contributed by atoms with Gasteiger partial charge in [0.1, 0.15) is 12.0 Å². The van der Waals surface area contributed by atoms with E-state index in [0.717, 1.165) is 16.5 Å². The van der Waals surface area contributed by atoms with Crippen LogP contribution in [0.3, 0.4) is 0 Å². The van der Waals surface area contributed by atoms with Crippen LogP contribution in [0.1, 0.15) is 12.5 Å². The van der Waals surface area contributed by atoms with Crippen LogP contribution in [0.2, 0.25) is 0 Å². The number of ether oxygens (including phenoxy) is 1. The van der Waals surface area contributed by atoms with E-state index in [1.165, 1.54) is 4.90 Å². The molecule has 4 rings (SSSR count). The van der Waals surface area contributed by atoms with Crippen LogP contribution in [0.5, 0.6) is 0 Å². The first kappa shape index (κ1) is 19.7. The molecule has 3 aromatic rings. The Morgan fingerprint density at radius 3 is 2.63 bits per heavy atom. The number of aromatic nitrogens is 1. The number of hydrogen-bond acceptors (Lipinski definition) is 4. The molecule has 2 aromatic carbocycles. The number of anilines is 1. The van der Waals surface area contributed by atoms with Gasteiger partial charge in [-0.3, -0.25) is 14.4 Å². The topological polar surface area (TPSA) is 91.5 Å². The number of para-hydroxylation sites is 2. The Labute approximate surface area is 174 Å². The highest BCUT2D eigenvalue weighted by atomic mass is 16.5. The summed E-state index contributed by atoms with van der Waals surface area (Å²) in [5.74, 6) is -1.87. The maximum atomic E-state index is 13.1. The number of rotatable bonds is 6. The maximum Gasteiger partial charge on any atom is 0.313 e. The highest BCUT2D eigenvalue weighted by Gasteiger charge is 2.46. The average molecular weight is 405 g/mol. The van der Waals surface area contributed by atoms with Crippen LogP contribution in [0.4, 0.5) is 5.69 Å². The molecule has 2 atom stereocenters. The highest BCUT2D eigenvalue weighted by Crippen LogP contribution is 2.27. The molecule has 30 heavy (non-hydrogen) atoms. The fraction of sp³-hybridized carbons (Fsp3) is 0.261. The van der Waals surface area contributed by atoms with Crippen LogP contribution in [0, 0.1) is 5.92 Å². The van der Waals surface area contributed by atoms with Crippen LogP contribution in [-0.4, -0.2) is 42.0 Å². The smallest absolute Gasteiger partial charge is 0.313 e. The zero-order valence-corrected chi connectivity index (χ0v) is 16.6. The summed E-state index contributed by atoms with van der Waals surface area (Å²) in [4.78, 5) is 43.0. The van der Waals surface area contributed by atoms with Gasteiger partial charge in [0.05, 0.1) is 13.0 Å². The van der Waals surface area contributed by atoms with E-state index in [0.29, 0.717) is 5.69 Å². The van der Waals surface area contributed by atoms with E-state index >= 15 is 0 Å². The van der Waals surface area contributed by atoms with Gasteiger partial charge in [0.15, 0.2) is 0 Å². The third-order valence-corrected chi connectivity index (χ3v) is 5.31. The van der Waals surface area contributed by atoms with Gasteiger partial charge in [0.25, 0.3) is 5.91 Å². The zero-order chi connectivity index (χ0) is 21.1. The molecule has 0 unspecified atom stereocenters. The minimum Gasteiger partial charge on any atom is -0.466 e. The van der Waals surface area contributed by atoms with Gasteiger partial charge in [0.2, 0.25) is 5.91 Å². The molecule has 0 saturated carbocycles. The summed E-state index contributed by atoms with van der Waals surface area (Å²) >= 11 is 0. The van der Waals surface area contributed by atoms with Gasteiger partial charge in [-0.05, 0) is 30.7 Å². The van der Waals surface area contributed by atoms with Crippen molar-refractivity contribution < 1.29 is 19.1 Å². The number of aromatic amines is 1. The molecule has 1 saturated heterocycles. The minimum atomic E-state index is -0.957. The molecule has 1 fully saturated rings. The van der Waals surface area contributed by atoms with Gasteiger partial charge in [0, 0.05) is 29.3 Å². The lowest BCUT2D eigenvalue weighted by Gasteiger charge is -2.17. The summed E-state index contributed by atoms with van der Waals surface area (Å²) in [7, 11) is 0. The molecule has 0 bridgehead atoms. The molecule has 154 valence electrons. The molecule has 7 nitrogen and oxygen atoms in total. The second kappa shape index (κ2) is 8.41. The zero-order valence-electron chi connectivity index (χ0n) is 16.6. The highest BCUT2D eigenvalue weighted by molar-refractivity contribution is 6.05. The lowest BCUT2D eigenvalue weighted by molar-refractivity contribution is -0.149. The summed E-state index contributed by atoms with van der Waals surface area (Å²) < 4.78 is 5.16. The van der Waals surface area contributed by atoms with Crippen LogP contribution in [0.25, 0.3) is 10.9 Å². The molecule has 0 aliphatic carbocycles. The summed E-state index contributed by atoms with van der Waals surface area (Å²) in [6, 6.07) is 15.9. The van der Waals surface area contributed by atoms with Gasteiger partial charge < -0.3 is 19.9 Å². The van der Waals surface area contributed by atoms with Crippen molar-refractivity contribution in [1.29, 1.82) is 0 Å². The van der Waals surface area contributed by atoms with Crippen molar-refractivity contribution in [3.8, 4) is 0 Å². The normalized spacial score (nSPS) is 18.6. The number of esters is 1. The third kappa shape index (κ3) is 3.78. The Morgan fingerprint density at radius 1 is 1.13 bits per heavy atom. The number of nitrogens with zero attached hydrogens (tertiary/aromatic N) is 1. The SMILES string of the molecule is CCOC(=O)[C@@H]1CN(c2ccccc2)C(=O)[C@@H]1NC(=O)Cc1c[nH]c2ccccc12. The molecule has 1 aromatic heterocycles.